The van der Waals surface area contributed by atoms with Gasteiger partial charge in [0.2, 0.25) is 0 Å². The Hall–Kier alpha value is -2.42. The van der Waals surface area contributed by atoms with E-state index in [1.54, 1.807) is 24.3 Å². The first-order valence-corrected chi connectivity index (χ1v) is 7.89. The van der Waals surface area contributed by atoms with Crippen molar-refractivity contribution in [3.63, 3.8) is 0 Å². The van der Waals surface area contributed by atoms with Crippen molar-refractivity contribution >= 4 is 11.7 Å². The molecule has 0 unspecified atom stereocenters. The standard InChI is InChI=1S/C20H23NO2/c1-13(2)12-21-20(23)17-8-6-5-7-16(17)19(22)18-11-14(3)9-10-15(18)4/h5-11,13H,12H2,1-4H3,(H,21,23). The Bertz CT molecular complexity index is 732. The molecule has 1 amide bonds. The number of hydrogen-bond acceptors (Lipinski definition) is 2. The summed E-state index contributed by atoms with van der Waals surface area (Å²) in [5.41, 5.74) is 3.47. The molecule has 0 aliphatic rings. The van der Waals surface area contributed by atoms with Gasteiger partial charge in [-0.2, -0.15) is 0 Å². The fourth-order valence-electron chi connectivity index (χ4n) is 2.40. The van der Waals surface area contributed by atoms with Gasteiger partial charge in [-0.25, -0.2) is 0 Å². The predicted molar refractivity (Wildman–Crippen MR) is 93.0 cm³/mol. The Balaban J connectivity index is 2.38. The van der Waals surface area contributed by atoms with Gasteiger partial charge in [0.25, 0.3) is 5.91 Å². The minimum atomic E-state index is -0.201. The Morgan fingerprint density at radius 2 is 1.61 bits per heavy atom. The van der Waals surface area contributed by atoms with Gasteiger partial charge >= 0.3 is 0 Å². The van der Waals surface area contributed by atoms with Crippen LogP contribution in [0.5, 0.6) is 0 Å². The van der Waals surface area contributed by atoms with Crippen LogP contribution < -0.4 is 5.32 Å². The van der Waals surface area contributed by atoms with Gasteiger partial charge < -0.3 is 5.32 Å². The minimum absolute atomic E-state index is 0.110. The summed E-state index contributed by atoms with van der Waals surface area (Å²) in [6.07, 6.45) is 0. The monoisotopic (exact) mass is 309 g/mol. The van der Waals surface area contributed by atoms with Crippen molar-refractivity contribution in [2.24, 2.45) is 5.92 Å². The van der Waals surface area contributed by atoms with Gasteiger partial charge in [0.05, 0.1) is 5.56 Å². The van der Waals surface area contributed by atoms with E-state index in [0.29, 0.717) is 29.2 Å². The van der Waals surface area contributed by atoms with Gasteiger partial charge in [-0.3, -0.25) is 9.59 Å². The van der Waals surface area contributed by atoms with E-state index in [1.807, 2.05) is 45.9 Å². The average molecular weight is 309 g/mol. The van der Waals surface area contributed by atoms with E-state index >= 15 is 0 Å². The van der Waals surface area contributed by atoms with Crippen molar-refractivity contribution in [3.05, 3.63) is 70.3 Å². The van der Waals surface area contributed by atoms with Crippen LogP contribution >= 0.6 is 0 Å². The van der Waals surface area contributed by atoms with Crippen LogP contribution in [0.4, 0.5) is 0 Å². The van der Waals surface area contributed by atoms with Crippen molar-refractivity contribution in [1.29, 1.82) is 0 Å². The molecule has 120 valence electrons. The molecule has 0 radical (unpaired) electrons. The van der Waals surface area contributed by atoms with Crippen molar-refractivity contribution in [3.8, 4) is 0 Å². The summed E-state index contributed by atoms with van der Waals surface area (Å²) in [4.78, 5) is 25.3. The Kier molecular flexibility index (Phi) is 5.32. The zero-order valence-electron chi connectivity index (χ0n) is 14.1. The highest BCUT2D eigenvalue weighted by Crippen LogP contribution is 2.19. The lowest BCUT2D eigenvalue weighted by atomic mass is 9.94. The van der Waals surface area contributed by atoms with Crippen LogP contribution in [-0.4, -0.2) is 18.2 Å². The smallest absolute Gasteiger partial charge is 0.252 e. The van der Waals surface area contributed by atoms with Crippen LogP contribution in [0.1, 0.15) is 51.3 Å². The molecule has 3 nitrogen and oxygen atoms in total. The van der Waals surface area contributed by atoms with Crippen LogP contribution in [0.2, 0.25) is 0 Å². The number of ketones is 1. The molecule has 0 heterocycles. The Labute approximate surface area is 137 Å². The third-order valence-electron chi connectivity index (χ3n) is 3.72. The van der Waals surface area contributed by atoms with E-state index in [4.69, 9.17) is 0 Å². The number of aryl methyl sites for hydroxylation is 2. The molecule has 1 N–H and O–H groups in total. The molecule has 0 aliphatic heterocycles. The van der Waals surface area contributed by atoms with Crippen molar-refractivity contribution in [2.75, 3.05) is 6.54 Å². The van der Waals surface area contributed by atoms with Crippen molar-refractivity contribution < 1.29 is 9.59 Å². The molecule has 0 spiro atoms. The summed E-state index contributed by atoms with van der Waals surface area (Å²) in [5, 5.41) is 2.88. The van der Waals surface area contributed by atoms with Crippen LogP contribution in [0, 0.1) is 19.8 Å². The zero-order valence-corrected chi connectivity index (χ0v) is 14.1. The van der Waals surface area contributed by atoms with Crippen molar-refractivity contribution in [2.45, 2.75) is 27.7 Å². The molecule has 0 fully saturated rings. The maximum atomic E-state index is 12.9. The molecule has 0 bridgehead atoms. The summed E-state index contributed by atoms with van der Waals surface area (Å²) in [5.74, 6) is 0.0512. The Morgan fingerprint density at radius 3 is 2.26 bits per heavy atom. The zero-order chi connectivity index (χ0) is 17.0. The second-order valence-electron chi connectivity index (χ2n) is 6.30. The third-order valence-corrected chi connectivity index (χ3v) is 3.72. The van der Waals surface area contributed by atoms with Gasteiger partial charge in [0.1, 0.15) is 0 Å². The van der Waals surface area contributed by atoms with Crippen LogP contribution in [0.25, 0.3) is 0 Å². The lowest BCUT2D eigenvalue weighted by Gasteiger charge is -2.12. The summed E-state index contributed by atoms with van der Waals surface area (Å²) >= 11 is 0. The number of nitrogens with one attached hydrogen (secondary N) is 1. The lowest BCUT2D eigenvalue weighted by Crippen LogP contribution is -2.28. The summed E-state index contributed by atoms with van der Waals surface area (Å²) in [6.45, 7) is 8.53. The van der Waals surface area contributed by atoms with Crippen LogP contribution in [-0.2, 0) is 0 Å². The summed E-state index contributed by atoms with van der Waals surface area (Å²) in [6, 6.07) is 12.8. The second kappa shape index (κ2) is 7.23. The highest BCUT2D eigenvalue weighted by atomic mass is 16.2. The number of amides is 1. The maximum Gasteiger partial charge on any atom is 0.252 e. The first kappa shape index (κ1) is 16.9. The van der Waals surface area contributed by atoms with Crippen molar-refractivity contribution in [1.82, 2.24) is 5.32 Å². The molecule has 2 aromatic carbocycles. The molecular formula is C20H23NO2. The quantitative estimate of drug-likeness (QED) is 0.851. The van der Waals surface area contributed by atoms with Gasteiger partial charge in [-0.1, -0.05) is 49.7 Å². The Morgan fingerprint density at radius 1 is 0.957 bits per heavy atom. The molecule has 0 aromatic heterocycles. The molecule has 0 atom stereocenters. The maximum absolute atomic E-state index is 12.9. The first-order chi connectivity index (χ1) is 10.9. The van der Waals surface area contributed by atoms with Gasteiger partial charge in [-0.05, 0) is 37.5 Å². The van der Waals surface area contributed by atoms with E-state index in [9.17, 15) is 9.59 Å². The first-order valence-electron chi connectivity index (χ1n) is 7.89. The highest BCUT2D eigenvalue weighted by molar-refractivity contribution is 6.15. The van der Waals surface area contributed by atoms with E-state index < -0.39 is 0 Å². The largest absolute Gasteiger partial charge is 0.352 e. The molecule has 0 saturated carbocycles. The van der Waals surface area contributed by atoms with Gasteiger partial charge in [0.15, 0.2) is 5.78 Å². The van der Waals surface area contributed by atoms with E-state index in [2.05, 4.69) is 5.32 Å². The van der Waals surface area contributed by atoms with Crippen LogP contribution in [0.3, 0.4) is 0 Å². The topological polar surface area (TPSA) is 46.2 Å². The second-order valence-corrected chi connectivity index (χ2v) is 6.30. The predicted octanol–water partition coefficient (Wildman–Crippen LogP) is 3.92. The molecular weight excluding hydrogens is 286 g/mol. The number of hydrogen-bond donors (Lipinski definition) is 1. The molecule has 0 aliphatic carbocycles. The molecule has 0 saturated heterocycles. The fraction of sp³-hybridized carbons (Fsp3) is 0.300. The lowest BCUT2D eigenvalue weighted by molar-refractivity contribution is 0.0938. The van der Waals surface area contributed by atoms with Gasteiger partial charge in [-0.15, -0.1) is 0 Å². The summed E-state index contributed by atoms with van der Waals surface area (Å²) in [7, 11) is 0. The summed E-state index contributed by atoms with van der Waals surface area (Å²) < 4.78 is 0. The van der Waals surface area contributed by atoms with E-state index in [1.165, 1.54) is 0 Å². The number of rotatable bonds is 5. The third kappa shape index (κ3) is 4.07. The van der Waals surface area contributed by atoms with Crippen LogP contribution in [0.15, 0.2) is 42.5 Å². The minimum Gasteiger partial charge on any atom is -0.352 e. The number of carbonyl (C=O) groups excluding carboxylic acids is 2. The molecule has 23 heavy (non-hydrogen) atoms. The van der Waals surface area contributed by atoms with E-state index in [-0.39, 0.29) is 11.7 Å². The average Bonchev–Trinajstić information content (AvgIpc) is 2.54. The SMILES string of the molecule is Cc1ccc(C)c(C(=O)c2ccccc2C(=O)NCC(C)C)c1. The molecule has 3 heteroatoms. The molecule has 2 rings (SSSR count). The van der Waals surface area contributed by atoms with E-state index in [0.717, 1.165) is 11.1 Å². The number of benzene rings is 2. The number of carbonyl (C=O) groups is 2. The van der Waals surface area contributed by atoms with Gasteiger partial charge in [0, 0.05) is 17.7 Å². The highest BCUT2D eigenvalue weighted by Gasteiger charge is 2.19. The molecule has 2 aromatic rings. The normalized spacial score (nSPS) is 10.7. The fourth-order valence-corrected chi connectivity index (χ4v) is 2.40.